The lowest BCUT2D eigenvalue weighted by Crippen LogP contribution is -2.16. The summed E-state index contributed by atoms with van der Waals surface area (Å²) in [4.78, 5) is 2.36. The number of benzene rings is 8. The Morgan fingerprint density at radius 2 is 1.04 bits per heavy atom. The SMILES string of the molecule is CC1(C)c2ccccc2-c2ccc(N(c3ccccc3)c3ccc(-c4ccc5c(oc6ccccc65)c4Nc4ccc(-c5ccccc5)cc4)cc3)cc21. The normalized spacial score (nSPS) is 12.8. The molecule has 0 saturated heterocycles. The highest BCUT2D eigenvalue weighted by molar-refractivity contribution is 6.12. The highest BCUT2D eigenvalue weighted by Crippen LogP contribution is 2.51. The fraction of sp³-hybridized carbons (Fsp3) is 0.0588. The van der Waals surface area contributed by atoms with Crippen LogP contribution in [0.5, 0.6) is 0 Å². The van der Waals surface area contributed by atoms with Gasteiger partial charge in [0.2, 0.25) is 0 Å². The van der Waals surface area contributed by atoms with Gasteiger partial charge in [0.25, 0.3) is 0 Å². The predicted molar refractivity (Wildman–Crippen MR) is 227 cm³/mol. The van der Waals surface area contributed by atoms with Crippen molar-refractivity contribution >= 4 is 50.4 Å². The number of nitrogens with zero attached hydrogens (tertiary/aromatic N) is 1. The van der Waals surface area contributed by atoms with E-state index in [9.17, 15) is 0 Å². The third-order valence-electron chi connectivity index (χ3n) is 11.1. The van der Waals surface area contributed by atoms with Gasteiger partial charge in [-0.15, -0.1) is 0 Å². The van der Waals surface area contributed by atoms with Crippen LogP contribution in [0.4, 0.5) is 28.4 Å². The molecule has 0 atom stereocenters. The van der Waals surface area contributed by atoms with Crippen molar-refractivity contribution in [3.8, 4) is 33.4 Å². The summed E-state index contributed by atoms with van der Waals surface area (Å²) in [6, 6.07) is 67.1. The maximum Gasteiger partial charge on any atom is 0.159 e. The molecule has 0 spiro atoms. The topological polar surface area (TPSA) is 28.4 Å². The van der Waals surface area contributed by atoms with E-state index in [1.54, 1.807) is 0 Å². The van der Waals surface area contributed by atoms with E-state index in [1.165, 1.54) is 33.4 Å². The van der Waals surface area contributed by atoms with Crippen LogP contribution < -0.4 is 10.2 Å². The summed E-state index contributed by atoms with van der Waals surface area (Å²) in [5.74, 6) is 0. The Kier molecular flexibility index (Phi) is 7.48. The van der Waals surface area contributed by atoms with E-state index in [4.69, 9.17) is 4.42 Å². The predicted octanol–water partition coefficient (Wildman–Crippen LogP) is 14.4. The molecular weight excluding hydrogens is 657 g/mol. The van der Waals surface area contributed by atoms with Crippen LogP contribution in [-0.2, 0) is 5.41 Å². The van der Waals surface area contributed by atoms with Crippen molar-refractivity contribution in [2.24, 2.45) is 0 Å². The summed E-state index contributed by atoms with van der Waals surface area (Å²) >= 11 is 0. The van der Waals surface area contributed by atoms with Gasteiger partial charge in [0.1, 0.15) is 5.58 Å². The first-order valence-electron chi connectivity index (χ1n) is 18.6. The zero-order valence-electron chi connectivity index (χ0n) is 30.3. The smallest absolute Gasteiger partial charge is 0.159 e. The molecule has 0 fully saturated rings. The molecule has 54 heavy (non-hydrogen) atoms. The Labute approximate surface area is 315 Å². The first-order valence-corrected chi connectivity index (χ1v) is 18.6. The largest absolute Gasteiger partial charge is 0.454 e. The maximum absolute atomic E-state index is 6.59. The summed E-state index contributed by atoms with van der Waals surface area (Å²) in [5, 5.41) is 5.97. The molecule has 0 bridgehead atoms. The molecule has 1 aromatic heterocycles. The second-order valence-corrected chi connectivity index (χ2v) is 14.6. The van der Waals surface area contributed by atoms with Gasteiger partial charge in [-0.05, 0) is 99.6 Å². The molecule has 3 heteroatoms. The second-order valence-electron chi connectivity index (χ2n) is 14.6. The quantitative estimate of drug-likeness (QED) is 0.180. The van der Waals surface area contributed by atoms with Crippen molar-refractivity contribution in [2.45, 2.75) is 19.3 Å². The highest BCUT2D eigenvalue weighted by atomic mass is 16.3. The van der Waals surface area contributed by atoms with Crippen molar-refractivity contribution in [2.75, 3.05) is 10.2 Å². The Hall–Kier alpha value is -6.84. The number of hydrogen-bond donors (Lipinski definition) is 1. The summed E-state index contributed by atoms with van der Waals surface area (Å²) < 4.78 is 6.59. The van der Waals surface area contributed by atoms with Crippen LogP contribution in [-0.4, -0.2) is 0 Å². The number of nitrogens with one attached hydrogen (secondary N) is 1. The summed E-state index contributed by atoms with van der Waals surface area (Å²) in [6.45, 7) is 4.68. The van der Waals surface area contributed by atoms with Gasteiger partial charge in [-0.25, -0.2) is 0 Å². The van der Waals surface area contributed by atoms with Gasteiger partial charge in [0.05, 0.1) is 5.69 Å². The molecule has 10 rings (SSSR count). The van der Waals surface area contributed by atoms with E-state index in [0.717, 1.165) is 61.5 Å². The number of rotatable bonds is 7. The van der Waals surface area contributed by atoms with E-state index in [0.29, 0.717) is 0 Å². The van der Waals surface area contributed by atoms with E-state index >= 15 is 0 Å². The van der Waals surface area contributed by atoms with Gasteiger partial charge in [-0.1, -0.05) is 141 Å². The molecule has 0 saturated carbocycles. The fourth-order valence-electron chi connectivity index (χ4n) is 8.32. The van der Waals surface area contributed by atoms with Crippen molar-refractivity contribution in [1.82, 2.24) is 0 Å². The minimum absolute atomic E-state index is 0.0886. The van der Waals surface area contributed by atoms with Crippen LogP contribution >= 0.6 is 0 Å². The van der Waals surface area contributed by atoms with E-state index in [2.05, 4.69) is 194 Å². The molecule has 258 valence electrons. The average molecular weight is 695 g/mol. The first kappa shape index (κ1) is 31.9. The van der Waals surface area contributed by atoms with Crippen molar-refractivity contribution in [1.29, 1.82) is 0 Å². The van der Waals surface area contributed by atoms with Gasteiger partial charge in [-0.3, -0.25) is 0 Å². The zero-order valence-corrected chi connectivity index (χ0v) is 30.3. The summed E-state index contributed by atoms with van der Waals surface area (Å²) in [7, 11) is 0. The molecule has 1 N–H and O–H groups in total. The van der Waals surface area contributed by atoms with Crippen LogP contribution in [0.1, 0.15) is 25.0 Å². The first-order chi connectivity index (χ1) is 26.5. The molecule has 1 aliphatic rings. The maximum atomic E-state index is 6.59. The van der Waals surface area contributed by atoms with Crippen LogP contribution in [0.3, 0.4) is 0 Å². The number of fused-ring (bicyclic) bond motifs is 6. The molecule has 9 aromatic rings. The standard InChI is InChI=1S/C51H38N2O/c1-51(2)46-19-11-9-17-42(46)43-30-29-40(33-47(43)51)53(38-15-7-4-8-16-38)39-27-23-36(24-28-39)41-31-32-45-44-18-10-12-20-48(44)54-50(45)49(41)52-37-25-21-35(22-26-37)34-13-5-3-6-14-34/h3-33,52H,1-2H3. The molecule has 0 unspecified atom stereocenters. The van der Waals surface area contributed by atoms with Crippen LogP contribution in [0.15, 0.2) is 192 Å². The highest BCUT2D eigenvalue weighted by Gasteiger charge is 2.35. The van der Waals surface area contributed by atoms with Gasteiger partial charge in [-0.2, -0.15) is 0 Å². The summed E-state index contributed by atoms with van der Waals surface area (Å²) in [6.07, 6.45) is 0. The Bertz CT molecular complexity index is 2800. The molecule has 1 aliphatic carbocycles. The van der Waals surface area contributed by atoms with Gasteiger partial charge >= 0.3 is 0 Å². The molecular formula is C51H38N2O. The lowest BCUT2D eigenvalue weighted by molar-refractivity contribution is 0.660. The molecule has 1 heterocycles. The van der Waals surface area contributed by atoms with E-state index in [-0.39, 0.29) is 5.41 Å². The second kappa shape index (κ2) is 12.7. The summed E-state index contributed by atoms with van der Waals surface area (Å²) in [5.41, 5.74) is 16.9. The monoisotopic (exact) mass is 694 g/mol. The Morgan fingerprint density at radius 3 is 1.83 bits per heavy atom. The van der Waals surface area contributed by atoms with Crippen LogP contribution in [0.25, 0.3) is 55.3 Å². The van der Waals surface area contributed by atoms with Crippen molar-refractivity contribution < 1.29 is 4.42 Å². The van der Waals surface area contributed by atoms with Crippen LogP contribution in [0, 0.1) is 0 Å². The van der Waals surface area contributed by atoms with E-state index < -0.39 is 0 Å². The van der Waals surface area contributed by atoms with Crippen molar-refractivity contribution in [3.63, 3.8) is 0 Å². The molecule has 0 radical (unpaired) electrons. The number of anilines is 5. The molecule has 0 aliphatic heterocycles. The number of furan rings is 1. The minimum Gasteiger partial charge on any atom is -0.454 e. The molecule has 0 amide bonds. The molecule has 8 aromatic carbocycles. The molecule has 3 nitrogen and oxygen atoms in total. The van der Waals surface area contributed by atoms with Gasteiger partial charge in [0, 0.05) is 44.5 Å². The third-order valence-corrected chi connectivity index (χ3v) is 11.1. The van der Waals surface area contributed by atoms with Crippen LogP contribution in [0.2, 0.25) is 0 Å². The van der Waals surface area contributed by atoms with E-state index in [1.807, 2.05) is 18.2 Å². The minimum atomic E-state index is -0.0886. The van der Waals surface area contributed by atoms with Gasteiger partial charge < -0.3 is 14.6 Å². The lowest BCUT2D eigenvalue weighted by Gasteiger charge is -2.28. The fourth-order valence-corrected chi connectivity index (χ4v) is 8.32. The lowest BCUT2D eigenvalue weighted by atomic mass is 9.82. The van der Waals surface area contributed by atoms with Crippen molar-refractivity contribution in [3.05, 3.63) is 199 Å². The Morgan fingerprint density at radius 1 is 0.444 bits per heavy atom. The third kappa shape index (κ3) is 5.28. The number of para-hydroxylation sites is 2. The zero-order chi connectivity index (χ0) is 36.2. The Balaban J connectivity index is 1.06. The number of hydrogen-bond acceptors (Lipinski definition) is 3. The van der Waals surface area contributed by atoms with Gasteiger partial charge in [0.15, 0.2) is 5.58 Å². The average Bonchev–Trinajstić information content (AvgIpc) is 3.72.